The van der Waals surface area contributed by atoms with Crippen LogP contribution in [0.3, 0.4) is 0 Å². The second-order valence-corrected chi connectivity index (χ2v) is 9.14. The quantitative estimate of drug-likeness (QED) is 0.666. The first-order chi connectivity index (χ1) is 12.6. The van der Waals surface area contributed by atoms with Crippen LogP contribution in [0.15, 0.2) is 53.4 Å². The normalized spacial score (nSPS) is 19.4. The van der Waals surface area contributed by atoms with Crippen LogP contribution < -0.4 is 0 Å². The first-order valence-corrected chi connectivity index (χ1v) is 11.4. The van der Waals surface area contributed by atoms with Gasteiger partial charge in [0.15, 0.2) is 0 Å². The number of hydrogen-bond donors (Lipinski definition) is 0. The van der Waals surface area contributed by atoms with E-state index in [1.54, 1.807) is 6.26 Å². The molecule has 3 rings (SSSR count). The van der Waals surface area contributed by atoms with Crippen LogP contribution in [0, 0.1) is 5.92 Å². The lowest BCUT2D eigenvalue weighted by molar-refractivity contribution is 0.170. The summed E-state index contributed by atoms with van der Waals surface area (Å²) in [6.07, 6.45) is 7.79. The van der Waals surface area contributed by atoms with Crippen molar-refractivity contribution in [2.75, 3.05) is 25.9 Å². The van der Waals surface area contributed by atoms with E-state index in [0.29, 0.717) is 0 Å². The summed E-state index contributed by atoms with van der Waals surface area (Å²) in [6, 6.07) is 16.5. The standard InChI is InChI=1S/C22H28ClNOS/c1-26(25)22-11-9-18(10-12-22)7-8-20-5-3-14-24(17-20)15-13-19-4-2-6-21(23)16-19/h2,4,6,9-12,16,20H,3,5,7-8,13-15,17H2,1H3. The van der Waals surface area contributed by atoms with E-state index >= 15 is 0 Å². The van der Waals surface area contributed by atoms with Gasteiger partial charge in [-0.1, -0.05) is 35.9 Å². The Morgan fingerprint density at radius 2 is 1.92 bits per heavy atom. The molecule has 1 saturated heterocycles. The summed E-state index contributed by atoms with van der Waals surface area (Å²) in [4.78, 5) is 3.52. The Morgan fingerprint density at radius 3 is 2.65 bits per heavy atom. The molecule has 2 aromatic carbocycles. The number of benzene rings is 2. The molecular formula is C22H28ClNOS. The van der Waals surface area contributed by atoms with Crippen LogP contribution in [-0.4, -0.2) is 35.0 Å². The fraction of sp³-hybridized carbons (Fsp3) is 0.455. The highest BCUT2D eigenvalue weighted by Gasteiger charge is 2.19. The maximum atomic E-state index is 11.5. The molecule has 0 saturated carbocycles. The number of halogens is 1. The molecule has 2 unspecified atom stereocenters. The van der Waals surface area contributed by atoms with Gasteiger partial charge in [0.2, 0.25) is 0 Å². The van der Waals surface area contributed by atoms with Crippen molar-refractivity contribution in [3.63, 3.8) is 0 Å². The largest absolute Gasteiger partial charge is 0.303 e. The molecule has 26 heavy (non-hydrogen) atoms. The number of rotatable bonds is 7. The minimum absolute atomic E-state index is 0.781. The third-order valence-electron chi connectivity index (χ3n) is 5.31. The molecule has 1 heterocycles. The van der Waals surface area contributed by atoms with Gasteiger partial charge >= 0.3 is 0 Å². The Labute approximate surface area is 165 Å². The van der Waals surface area contributed by atoms with Gasteiger partial charge in [-0.15, -0.1) is 0 Å². The van der Waals surface area contributed by atoms with Crippen molar-refractivity contribution in [3.05, 3.63) is 64.7 Å². The summed E-state index contributed by atoms with van der Waals surface area (Å²) in [5.74, 6) is 0.781. The van der Waals surface area contributed by atoms with Crippen molar-refractivity contribution in [3.8, 4) is 0 Å². The third-order valence-corrected chi connectivity index (χ3v) is 6.48. The van der Waals surface area contributed by atoms with Crippen molar-refractivity contribution in [2.24, 2.45) is 5.92 Å². The van der Waals surface area contributed by atoms with Crippen LogP contribution >= 0.6 is 11.6 Å². The van der Waals surface area contributed by atoms with Gasteiger partial charge in [0.25, 0.3) is 0 Å². The van der Waals surface area contributed by atoms with Gasteiger partial charge in [-0.3, -0.25) is 4.21 Å². The minimum atomic E-state index is -0.885. The van der Waals surface area contributed by atoms with Crippen LogP contribution in [-0.2, 0) is 23.6 Å². The third kappa shape index (κ3) is 5.94. The summed E-state index contributed by atoms with van der Waals surface area (Å²) >= 11 is 6.09. The molecule has 1 fully saturated rings. The van der Waals surface area contributed by atoms with Gasteiger partial charge < -0.3 is 4.90 Å². The maximum absolute atomic E-state index is 11.5. The zero-order valence-corrected chi connectivity index (χ0v) is 17.1. The summed E-state index contributed by atoms with van der Waals surface area (Å²) in [5, 5.41) is 0.831. The smallest absolute Gasteiger partial charge is 0.0498 e. The number of hydrogen-bond acceptors (Lipinski definition) is 2. The highest BCUT2D eigenvalue weighted by Crippen LogP contribution is 2.22. The molecule has 4 heteroatoms. The Kier molecular flexibility index (Phi) is 7.30. The van der Waals surface area contributed by atoms with Gasteiger partial charge in [-0.25, -0.2) is 0 Å². The first-order valence-electron chi connectivity index (χ1n) is 9.49. The van der Waals surface area contributed by atoms with Crippen molar-refractivity contribution in [1.29, 1.82) is 0 Å². The lowest BCUT2D eigenvalue weighted by Gasteiger charge is -2.33. The second-order valence-electron chi connectivity index (χ2n) is 7.33. The number of aryl methyl sites for hydroxylation is 1. The topological polar surface area (TPSA) is 20.3 Å². The van der Waals surface area contributed by atoms with E-state index < -0.39 is 10.8 Å². The molecule has 1 aliphatic heterocycles. The molecule has 1 aliphatic rings. The minimum Gasteiger partial charge on any atom is -0.303 e. The molecule has 0 aromatic heterocycles. The average Bonchev–Trinajstić information content (AvgIpc) is 2.65. The van der Waals surface area contributed by atoms with Crippen molar-refractivity contribution in [1.82, 2.24) is 4.90 Å². The zero-order chi connectivity index (χ0) is 18.4. The Hall–Kier alpha value is -1.16. The molecule has 0 aliphatic carbocycles. The van der Waals surface area contributed by atoms with Crippen molar-refractivity contribution in [2.45, 2.75) is 37.0 Å². The van der Waals surface area contributed by atoms with Gasteiger partial charge in [-0.05, 0) is 80.0 Å². The first kappa shape index (κ1) is 19.6. The monoisotopic (exact) mass is 389 g/mol. The van der Waals surface area contributed by atoms with Crippen LogP contribution in [0.4, 0.5) is 0 Å². The average molecular weight is 390 g/mol. The van der Waals surface area contributed by atoms with Crippen LogP contribution in [0.1, 0.15) is 30.4 Å². The summed E-state index contributed by atoms with van der Waals surface area (Å²) in [7, 11) is -0.885. The highest BCUT2D eigenvalue weighted by molar-refractivity contribution is 7.84. The van der Waals surface area contributed by atoms with E-state index in [2.05, 4.69) is 29.2 Å². The Bertz CT molecular complexity index is 731. The van der Waals surface area contributed by atoms with E-state index in [1.807, 2.05) is 24.3 Å². The molecule has 0 N–H and O–H groups in total. The van der Waals surface area contributed by atoms with E-state index in [9.17, 15) is 4.21 Å². The van der Waals surface area contributed by atoms with Gasteiger partial charge in [-0.2, -0.15) is 0 Å². The van der Waals surface area contributed by atoms with Gasteiger partial charge in [0.1, 0.15) is 0 Å². The van der Waals surface area contributed by atoms with Gasteiger partial charge in [0.05, 0.1) is 0 Å². The van der Waals surface area contributed by atoms with E-state index in [-0.39, 0.29) is 0 Å². The molecule has 2 atom stereocenters. The molecule has 2 nitrogen and oxygen atoms in total. The zero-order valence-electron chi connectivity index (χ0n) is 15.5. The van der Waals surface area contributed by atoms with Crippen molar-refractivity contribution >= 4 is 22.4 Å². The Morgan fingerprint density at radius 1 is 1.12 bits per heavy atom. The molecule has 0 amide bonds. The van der Waals surface area contributed by atoms with Crippen LogP contribution in [0.5, 0.6) is 0 Å². The molecule has 2 aromatic rings. The van der Waals surface area contributed by atoms with Crippen LogP contribution in [0.2, 0.25) is 5.02 Å². The van der Waals surface area contributed by atoms with E-state index in [0.717, 1.165) is 35.2 Å². The van der Waals surface area contributed by atoms with E-state index in [4.69, 9.17) is 11.6 Å². The lowest BCUT2D eigenvalue weighted by atomic mass is 9.91. The summed E-state index contributed by atoms with van der Waals surface area (Å²) in [6.45, 7) is 3.54. The number of nitrogens with zero attached hydrogens (tertiary/aromatic N) is 1. The second kappa shape index (κ2) is 9.68. The van der Waals surface area contributed by atoms with Crippen molar-refractivity contribution < 1.29 is 4.21 Å². The molecule has 140 valence electrons. The fourth-order valence-corrected chi connectivity index (χ4v) is 4.52. The highest BCUT2D eigenvalue weighted by atomic mass is 35.5. The summed E-state index contributed by atoms with van der Waals surface area (Å²) < 4.78 is 11.5. The predicted octanol–water partition coefficient (Wildman–Crippen LogP) is 4.96. The molecule has 0 bridgehead atoms. The fourth-order valence-electron chi connectivity index (χ4n) is 3.79. The predicted molar refractivity (Wildman–Crippen MR) is 111 cm³/mol. The lowest BCUT2D eigenvalue weighted by Crippen LogP contribution is -2.36. The number of piperidine rings is 1. The maximum Gasteiger partial charge on any atom is 0.0498 e. The van der Waals surface area contributed by atoms with E-state index in [1.165, 1.54) is 43.5 Å². The van der Waals surface area contributed by atoms with Gasteiger partial charge in [0, 0.05) is 40.1 Å². The van der Waals surface area contributed by atoms with Crippen LogP contribution in [0.25, 0.3) is 0 Å². The Balaban J connectivity index is 1.45. The SMILES string of the molecule is CS(=O)c1ccc(CCC2CCCN(CCc3cccc(Cl)c3)C2)cc1. The molecular weight excluding hydrogens is 362 g/mol. The molecule has 0 spiro atoms. The molecule has 0 radical (unpaired) electrons. The number of likely N-dealkylation sites (tertiary alicyclic amines) is 1. The summed E-state index contributed by atoms with van der Waals surface area (Å²) in [5.41, 5.74) is 2.68.